The summed E-state index contributed by atoms with van der Waals surface area (Å²) in [6.07, 6.45) is 0.0281. The molecular weight excluding hydrogens is 493 g/mol. The molecule has 3 atom stereocenters. The third-order valence-corrected chi connectivity index (χ3v) is 5.86. The van der Waals surface area contributed by atoms with Crippen molar-refractivity contribution in [2.24, 2.45) is 5.73 Å². The Labute approximate surface area is 222 Å². The van der Waals surface area contributed by atoms with Crippen LogP contribution in [0.4, 0.5) is 0 Å². The van der Waals surface area contributed by atoms with Crippen LogP contribution >= 0.6 is 21.5 Å². The molecule has 0 aromatic heterocycles. The molecule has 192 valence electrons. The van der Waals surface area contributed by atoms with E-state index >= 15 is 0 Å². The lowest BCUT2D eigenvalue weighted by atomic mass is 9.79. The van der Waals surface area contributed by atoms with Crippen molar-refractivity contribution < 1.29 is 19.1 Å². The molecule has 0 bridgehead atoms. The summed E-state index contributed by atoms with van der Waals surface area (Å²) in [5, 5.41) is 0.468. The minimum atomic E-state index is -1.29. The highest BCUT2D eigenvalue weighted by atomic mass is 35.5. The highest BCUT2D eigenvalue weighted by molar-refractivity contribution is 6.92. The highest BCUT2D eigenvalue weighted by Gasteiger charge is 2.42. The number of hydrogen-bond donors (Lipinski definition) is 1. The Bertz CT molecular complexity index is 1160. The van der Waals surface area contributed by atoms with Crippen LogP contribution in [0, 0.1) is 6.92 Å². The molecule has 0 spiro atoms. The Morgan fingerprint density at radius 2 is 1.42 bits per heavy atom. The van der Waals surface area contributed by atoms with E-state index in [4.69, 9.17) is 26.8 Å². The summed E-state index contributed by atoms with van der Waals surface area (Å²) >= 11 is 6.68. The van der Waals surface area contributed by atoms with Crippen molar-refractivity contribution in [2.45, 2.75) is 57.8 Å². The van der Waals surface area contributed by atoms with E-state index in [0.717, 1.165) is 16.7 Å². The van der Waals surface area contributed by atoms with Crippen molar-refractivity contribution in [3.8, 4) is 0 Å². The molecular formula is C29H35ClNO4P. The zero-order valence-corrected chi connectivity index (χ0v) is 23.5. The number of benzene rings is 3. The number of rotatable bonds is 8. The summed E-state index contributed by atoms with van der Waals surface area (Å²) in [7, 11) is 0. The van der Waals surface area contributed by atoms with E-state index in [2.05, 4.69) is 0 Å². The lowest BCUT2D eigenvalue weighted by molar-refractivity contribution is -0.157. The number of carbonyl (C=O) groups excluding carboxylic acids is 2. The molecule has 7 heteroatoms. The molecule has 3 rings (SSSR count). The number of carbonyl (C=O) groups is 2. The summed E-state index contributed by atoms with van der Waals surface area (Å²) in [5.41, 5.74) is 7.28. The minimum absolute atomic E-state index is 0. The molecule has 0 radical (unpaired) electrons. The zero-order chi connectivity index (χ0) is 25.6. The number of ether oxygens (including phenoxy) is 2. The van der Waals surface area contributed by atoms with Gasteiger partial charge >= 0.3 is 11.9 Å². The minimum Gasteiger partial charge on any atom is -0.459 e. The van der Waals surface area contributed by atoms with Crippen LogP contribution in [0.15, 0.2) is 78.9 Å². The van der Waals surface area contributed by atoms with E-state index in [9.17, 15) is 9.59 Å². The number of aryl methyl sites for hydroxylation is 1. The monoisotopic (exact) mass is 527 g/mol. The van der Waals surface area contributed by atoms with Crippen molar-refractivity contribution in [3.05, 3.63) is 106 Å². The van der Waals surface area contributed by atoms with Crippen molar-refractivity contribution in [1.82, 2.24) is 0 Å². The first-order valence-corrected chi connectivity index (χ1v) is 12.0. The van der Waals surface area contributed by atoms with Gasteiger partial charge < -0.3 is 15.2 Å². The molecule has 0 heterocycles. The quantitative estimate of drug-likeness (QED) is 0.221. The average Bonchev–Trinajstić information content (AvgIpc) is 2.81. The molecule has 0 fully saturated rings. The first-order valence-electron chi connectivity index (χ1n) is 11.6. The van der Waals surface area contributed by atoms with Crippen LogP contribution in [0.25, 0.3) is 0 Å². The number of nitrogens with two attached hydrogens (primary N) is 1. The topological polar surface area (TPSA) is 78.6 Å². The fourth-order valence-corrected chi connectivity index (χ4v) is 4.12. The van der Waals surface area contributed by atoms with E-state index < -0.39 is 29.2 Å². The van der Waals surface area contributed by atoms with Crippen molar-refractivity contribution in [2.75, 3.05) is 0 Å². The maximum atomic E-state index is 13.3. The van der Waals surface area contributed by atoms with Gasteiger partial charge in [-0.25, -0.2) is 0 Å². The predicted molar refractivity (Wildman–Crippen MR) is 149 cm³/mol. The summed E-state index contributed by atoms with van der Waals surface area (Å²) in [6, 6.07) is 23.7. The average molecular weight is 528 g/mol. The second-order valence-corrected chi connectivity index (χ2v) is 9.95. The molecule has 0 aliphatic carbocycles. The lowest BCUT2D eigenvalue weighted by Gasteiger charge is -2.36. The van der Waals surface area contributed by atoms with Gasteiger partial charge in [0.15, 0.2) is 5.60 Å². The molecule has 0 saturated heterocycles. The van der Waals surface area contributed by atoms with E-state index in [0.29, 0.717) is 10.6 Å². The summed E-state index contributed by atoms with van der Waals surface area (Å²) in [4.78, 5) is 25.6. The summed E-state index contributed by atoms with van der Waals surface area (Å²) in [6.45, 7) is 7.30. The van der Waals surface area contributed by atoms with Gasteiger partial charge in [0.05, 0.1) is 0 Å². The van der Waals surface area contributed by atoms with Crippen LogP contribution in [-0.4, -0.2) is 23.6 Å². The third-order valence-electron chi connectivity index (χ3n) is 5.53. The first kappa shape index (κ1) is 29.5. The van der Waals surface area contributed by atoms with Gasteiger partial charge in [0.2, 0.25) is 0 Å². The van der Waals surface area contributed by atoms with Crippen LogP contribution in [0.3, 0.4) is 0 Å². The molecule has 0 aliphatic rings. The van der Waals surface area contributed by atoms with E-state index in [-0.39, 0.29) is 22.7 Å². The standard InChI is InChI=1S/C29H32ClNO4.H3P/c1-20-14-16-22(17-15-20)29(21-10-6-5-7-11-21,23-12-8-9-13-24(23)30)34-26(32)19-18-25(31)27(33)35-28(2,3)4;/h5-17,25H,18-19,31H2,1-4H3;1H3. The second kappa shape index (κ2) is 12.5. The molecule has 36 heavy (non-hydrogen) atoms. The maximum Gasteiger partial charge on any atom is 0.323 e. The summed E-state index contributed by atoms with van der Waals surface area (Å²) < 4.78 is 11.7. The molecule has 2 N–H and O–H groups in total. The third kappa shape index (κ3) is 7.16. The van der Waals surface area contributed by atoms with Crippen LogP contribution in [-0.2, 0) is 24.7 Å². The number of halogens is 1. The van der Waals surface area contributed by atoms with Gasteiger partial charge in [-0.15, -0.1) is 0 Å². The van der Waals surface area contributed by atoms with Gasteiger partial charge in [-0.05, 0) is 40.2 Å². The van der Waals surface area contributed by atoms with Gasteiger partial charge in [0.25, 0.3) is 0 Å². The Morgan fingerprint density at radius 1 is 0.861 bits per heavy atom. The first-order chi connectivity index (χ1) is 16.5. The molecule has 3 aromatic rings. The van der Waals surface area contributed by atoms with E-state index in [1.54, 1.807) is 26.8 Å². The van der Waals surface area contributed by atoms with E-state index in [1.807, 2.05) is 79.7 Å². The lowest BCUT2D eigenvalue weighted by Crippen LogP contribution is -2.39. The van der Waals surface area contributed by atoms with Gasteiger partial charge in [0.1, 0.15) is 11.6 Å². The molecule has 3 aromatic carbocycles. The van der Waals surface area contributed by atoms with Crippen LogP contribution in [0.1, 0.15) is 55.9 Å². The van der Waals surface area contributed by atoms with Crippen LogP contribution in [0.2, 0.25) is 5.02 Å². The summed E-state index contributed by atoms with van der Waals surface area (Å²) in [5.74, 6) is -1.06. The Hall–Kier alpha value is -2.72. The highest BCUT2D eigenvalue weighted by Crippen LogP contribution is 2.43. The molecule has 3 unspecified atom stereocenters. The smallest absolute Gasteiger partial charge is 0.323 e. The number of esters is 2. The second-order valence-electron chi connectivity index (χ2n) is 9.55. The van der Waals surface area contributed by atoms with Gasteiger partial charge in [0, 0.05) is 28.1 Å². The zero-order valence-electron chi connectivity index (χ0n) is 21.3. The Morgan fingerprint density at radius 3 is 2.00 bits per heavy atom. The van der Waals surface area contributed by atoms with Gasteiger partial charge in [-0.2, -0.15) is 9.90 Å². The Balaban J connectivity index is 0.00000456. The van der Waals surface area contributed by atoms with Crippen molar-refractivity contribution >= 4 is 33.4 Å². The van der Waals surface area contributed by atoms with E-state index in [1.165, 1.54) is 0 Å². The number of hydrogen-bond acceptors (Lipinski definition) is 5. The normalized spacial score (nSPS) is 13.6. The fraction of sp³-hybridized carbons (Fsp3) is 0.310. The largest absolute Gasteiger partial charge is 0.459 e. The van der Waals surface area contributed by atoms with Crippen molar-refractivity contribution in [3.63, 3.8) is 0 Å². The maximum absolute atomic E-state index is 13.3. The molecule has 0 saturated carbocycles. The molecule has 5 nitrogen and oxygen atoms in total. The predicted octanol–water partition coefficient (Wildman–Crippen LogP) is 5.99. The van der Waals surface area contributed by atoms with Crippen LogP contribution < -0.4 is 5.73 Å². The van der Waals surface area contributed by atoms with Crippen LogP contribution in [0.5, 0.6) is 0 Å². The fourth-order valence-electron chi connectivity index (χ4n) is 3.85. The Kier molecular flexibility index (Phi) is 10.2. The van der Waals surface area contributed by atoms with Gasteiger partial charge in [-0.1, -0.05) is 90.0 Å². The van der Waals surface area contributed by atoms with Gasteiger partial charge in [-0.3, -0.25) is 9.59 Å². The van der Waals surface area contributed by atoms with Crippen molar-refractivity contribution in [1.29, 1.82) is 0 Å². The SMILES string of the molecule is Cc1ccc(C(OC(=O)CCC(N)C(=O)OC(C)(C)C)(c2ccccc2)c2ccccc2Cl)cc1.P. The molecule has 0 aliphatic heterocycles. The molecule has 0 amide bonds.